The molecule has 7 nitrogen and oxygen atoms in total. The second-order valence-electron chi connectivity index (χ2n) is 7.88. The predicted octanol–water partition coefficient (Wildman–Crippen LogP) is 4.83. The number of anilines is 2. The second-order valence-corrected chi connectivity index (χ2v) is 8.70. The number of benzene rings is 3. The van der Waals surface area contributed by atoms with E-state index in [1.165, 1.54) is 19.2 Å². The third kappa shape index (κ3) is 3.62. The molecule has 3 aromatic carbocycles. The summed E-state index contributed by atoms with van der Waals surface area (Å²) in [4.78, 5) is 46.0. The van der Waals surface area contributed by atoms with Gasteiger partial charge in [-0.15, -0.1) is 0 Å². The summed E-state index contributed by atoms with van der Waals surface area (Å²) in [6, 6.07) is 19.9. The summed E-state index contributed by atoms with van der Waals surface area (Å²) < 4.78 is 4.77. The number of esters is 1. The molecule has 0 aliphatic carbocycles. The molecule has 2 fully saturated rings. The average molecular weight is 497 g/mol. The molecule has 0 spiro atoms. The average Bonchev–Trinajstić information content (AvgIpc) is 3.37. The number of rotatable bonds is 4. The number of ether oxygens (including phenoxy) is 1. The van der Waals surface area contributed by atoms with E-state index < -0.39 is 35.8 Å². The van der Waals surface area contributed by atoms with Crippen LogP contribution in [0.5, 0.6) is 0 Å². The van der Waals surface area contributed by atoms with Crippen molar-refractivity contribution < 1.29 is 24.0 Å². The first-order valence-electron chi connectivity index (χ1n) is 10.4. The summed E-state index contributed by atoms with van der Waals surface area (Å²) in [7, 11) is 1.31. The SMILES string of the molecule is COC(=O)c1ccc([C@H]2[C@H]3C(=O)N(c4ccc(Cl)c(Cl)c4)C(=O)[C@H]3ON2c2ccccc2)cc1. The fraction of sp³-hybridized carbons (Fsp3) is 0.160. The molecule has 3 aromatic rings. The number of halogens is 2. The van der Waals surface area contributed by atoms with E-state index in [0.29, 0.717) is 27.5 Å². The van der Waals surface area contributed by atoms with Gasteiger partial charge >= 0.3 is 5.97 Å². The molecule has 0 bridgehead atoms. The van der Waals surface area contributed by atoms with Gasteiger partial charge in [0.25, 0.3) is 5.91 Å². The van der Waals surface area contributed by atoms with E-state index in [9.17, 15) is 14.4 Å². The van der Waals surface area contributed by atoms with Crippen molar-refractivity contribution >= 4 is 52.4 Å². The van der Waals surface area contributed by atoms with E-state index >= 15 is 0 Å². The maximum Gasteiger partial charge on any atom is 0.337 e. The molecule has 2 saturated heterocycles. The molecule has 2 amide bonds. The van der Waals surface area contributed by atoms with Crippen molar-refractivity contribution in [2.75, 3.05) is 17.1 Å². The van der Waals surface area contributed by atoms with Crippen molar-refractivity contribution in [1.82, 2.24) is 0 Å². The Morgan fingerprint density at radius 1 is 0.882 bits per heavy atom. The molecule has 0 unspecified atom stereocenters. The first kappa shape index (κ1) is 22.4. The molecular formula is C25H18Cl2N2O5. The van der Waals surface area contributed by atoms with Gasteiger partial charge in [-0.25, -0.2) is 14.8 Å². The molecule has 5 rings (SSSR count). The van der Waals surface area contributed by atoms with Gasteiger partial charge in [-0.05, 0) is 48.0 Å². The van der Waals surface area contributed by atoms with Gasteiger partial charge in [0.1, 0.15) is 5.92 Å². The van der Waals surface area contributed by atoms with Crippen LogP contribution in [0.15, 0.2) is 72.8 Å². The van der Waals surface area contributed by atoms with Gasteiger partial charge in [-0.1, -0.05) is 53.5 Å². The van der Waals surface area contributed by atoms with Crippen molar-refractivity contribution in [1.29, 1.82) is 0 Å². The topological polar surface area (TPSA) is 76.2 Å². The van der Waals surface area contributed by atoms with Gasteiger partial charge in [0.05, 0.1) is 40.1 Å². The number of imide groups is 1. The second kappa shape index (κ2) is 8.76. The highest BCUT2D eigenvalue weighted by Gasteiger charge is 2.60. The summed E-state index contributed by atoms with van der Waals surface area (Å²) in [6.45, 7) is 0. The number of amides is 2. The number of nitrogens with zero attached hydrogens (tertiary/aromatic N) is 2. The predicted molar refractivity (Wildman–Crippen MR) is 127 cm³/mol. The minimum atomic E-state index is -1.02. The van der Waals surface area contributed by atoms with Crippen molar-refractivity contribution in [2.45, 2.75) is 12.1 Å². The van der Waals surface area contributed by atoms with Crippen LogP contribution in [-0.4, -0.2) is 31.0 Å². The Morgan fingerprint density at radius 3 is 2.24 bits per heavy atom. The van der Waals surface area contributed by atoms with Crippen molar-refractivity contribution in [3.8, 4) is 0 Å². The van der Waals surface area contributed by atoms with Gasteiger partial charge in [0, 0.05) is 0 Å². The number of para-hydroxylation sites is 1. The smallest absolute Gasteiger partial charge is 0.337 e. The van der Waals surface area contributed by atoms with Crippen molar-refractivity contribution in [3.63, 3.8) is 0 Å². The Labute approximate surface area is 205 Å². The van der Waals surface area contributed by atoms with Gasteiger partial charge < -0.3 is 4.74 Å². The molecule has 9 heteroatoms. The van der Waals surface area contributed by atoms with E-state index in [1.807, 2.05) is 30.3 Å². The third-order valence-corrected chi connectivity index (χ3v) is 6.70. The summed E-state index contributed by atoms with van der Waals surface area (Å²) in [6.07, 6.45) is -1.02. The molecule has 2 aliphatic heterocycles. The van der Waals surface area contributed by atoms with E-state index in [1.54, 1.807) is 35.4 Å². The molecule has 0 N–H and O–H groups in total. The van der Waals surface area contributed by atoms with E-state index in [0.717, 1.165) is 4.90 Å². The van der Waals surface area contributed by atoms with Crippen LogP contribution in [0.4, 0.5) is 11.4 Å². The highest BCUT2D eigenvalue weighted by molar-refractivity contribution is 6.42. The molecule has 2 aliphatic rings. The van der Waals surface area contributed by atoms with Crippen LogP contribution in [0.25, 0.3) is 0 Å². The number of hydroxylamine groups is 1. The number of carbonyl (C=O) groups excluding carboxylic acids is 3. The number of hydrogen-bond donors (Lipinski definition) is 0. The third-order valence-electron chi connectivity index (χ3n) is 5.96. The van der Waals surface area contributed by atoms with Crippen LogP contribution in [0.2, 0.25) is 10.0 Å². The fourth-order valence-electron chi connectivity index (χ4n) is 4.37. The largest absolute Gasteiger partial charge is 0.465 e. The standard InChI is InChI=1S/C25H18Cl2N2O5/c1-33-25(32)15-9-7-14(8-10-15)21-20-22(34-29(21)16-5-3-2-4-6-16)24(31)28(23(20)30)17-11-12-18(26)19(27)13-17/h2-13,20-22H,1H3/t20-,21+,22+/m1/s1. The zero-order valence-corrected chi connectivity index (χ0v) is 19.4. The molecule has 0 aromatic heterocycles. The number of carbonyl (C=O) groups is 3. The van der Waals surface area contributed by atoms with Crippen LogP contribution in [-0.2, 0) is 19.2 Å². The monoisotopic (exact) mass is 496 g/mol. The van der Waals surface area contributed by atoms with Crippen LogP contribution < -0.4 is 9.96 Å². The minimum Gasteiger partial charge on any atom is -0.465 e. The fourth-order valence-corrected chi connectivity index (χ4v) is 4.66. The Bertz CT molecular complexity index is 1280. The van der Waals surface area contributed by atoms with Gasteiger partial charge in [-0.2, -0.15) is 0 Å². The summed E-state index contributed by atoms with van der Waals surface area (Å²) in [5.41, 5.74) is 2.11. The first-order chi connectivity index (χ1) is 16.4. The lowest BCUT2D eigenvalue weighted by molar-refractivity contribution is -0.126. The molecule has 0 saturated carbocycles. The highest BCUT2D eigenvalue weighted by atomic mass is 35.5. The zero-order chi connectivity index (χ0) is 24.0. The van der Waals surface area contributed by atoms with Gasteiger partial charge in [0.2, 0.25) is 5.91 Å². The quantitative estimate of drug-likeness (QED) is 0.380. The van der Waals surface area contributed by atoms with Crippen LogP contribution >= 0.6 is 23.2 Å². The number of fused-ring (bicyclic) bond motifs is 1. The highest BCUT2D eigenvalue weighted by Crippen LogP contribution is 2.47. The lowest BCUT2D eigenvalue weighted by Gasteiger charge is -2.29. The van der Waals surface area contributed by atoms with E-state index in [-0.39, 0.29) is 5.02 Å². The normalized spacial score (nSPS) is 21.7. The Hall–Kier alpha value is -3.39. The minimum absolute atomic E-state index is 0.235. The Kier molecular flexibility index (Phi) is 5.77. The van der Waals surface area contributed by atoms with E-state index in [2.05, 4.69) is 0 Å². The number of methoxy groups -OCH3 is 1. The molecule has 172 valence electrons. The Balaban J connectivity index is 1.56. The molecule has 3 atom stereocenters. The lowest BCUT2D eigenvalue weighted by atomic mass is 9.90. The van der Waals surface area contributed by atoms with Gasteiger partial charge in [-0.3, -0.25) is 14.4 Å². The van der Waals surface area contributed by atoms with Crippen LogP contribution in [0, 0.1) is 5.92 Å². The van der Waals surface area contributed by atoms with E-state index in [4.69, 9.17) is 32.8 Å². The molecule has 2 heterocycles. The van der Waals surface area contributed by atoms with Gasteiger partial charge in [0.15, 0.2) is 6.10 Å². The summed E-state index contributed by atoms with van der Waals surface area (Å²) in [5, 5.41) is 2.14. The van der Waals surface area contributed by atoms with Crippen LogP contribution in [0.1, 0.15) is 22.0 Å². The Morgan fingerprint density at radius 2 is 1.59 bits per heavy atom. The molecular weight excluding hydrogens is 479 g/mol. The maximum atomic E-state index is 13.6. The van der Waals surface area contributed by atoms with Crippen molar-refractivity contribution in [2.24, 2.45) is 5.92 Å². The first-order valence-corrected chi connectivity index (χ1v) is 11.2. The summed E-state index contributed by atoms with van der Waals surface area (Å²) >= 11 is 12.1. The van der Waals surface area contributed by atoms with Crippen molar-refractivity contribution in [3.05, 3.63) is 94.0 Å². The molecule has 0 radical (unpaired) electrons. The number of hydrogen-bond acceptors (Lipinski definition) is 6. The molecule has 34 heavy (non-hydrogen) atoms. The zero-order valence-electron chi connectivity index (χ0n) is 17.9. The van der Waals surface area contributed by atoms with Crippen LogP contribution in [0.3, 0.4) is 0 Å². The lowest BCUT2D eigenvalue weighted by Crippen LogP contribution is -2.37. The maximum absolute atomic E-state index is 13.6. The summed E-state index contributed by atoms with van der Waals surface area (Å²) in [5.74, 6) is -2.17.